The number of fused-ring (bicyclic) bond motifs is 1. The van der Waals surface area contributed by atoms with Crippen molar-refractivity contribution >= 4 is 11.7 Å². The minimum Gasteiger partial charge on any atom is -0.314 e. The summed E-state index contributed by atoms with van der Waals surface area (Å²) < 4.78 is 40.5. The van der Waals surface area contributed by atoms with E-state index in [-0.39, 0.29) is 18.3 Å². The van der Waals surface area contributed by atoms with Crippen LogP contribution in [-0.4, -0.2) is 41.7 Å². The Morgan fingerprint density at radius 2 is 2.00 bits per heavy atom. The van der Waals surface area contributed by atoms with Gasteiger partial charge in [0.05, 0.1) is 49.0 Å². The van der Waals surface area contributed by atoms with Crippen LogP contribution in [0.25, 0.3) is 11.4 Å². The van der Waals surface area contributed by atoms with Crippen molar-refractivity contribution in [1.82, 2.24) is 29.6 Å². The van der Waals surface area contributed by atoms with Crippen LogP contribution in [0.1, 0.15) is 24.7 Å². The number of halogens is 3. The minimum absolute atomic E-state index is 0.194. The topological polar surface area (TPSA) is 88.8 Å². The molecular weight excluding hydrogens is 387 g/mol. The minimum atomic E-state index is -2.73. The average molecular weight is 403 g/mol. The maximum absolute atomic E-state index is 13.1. The molecule has 150 valence electrons. The van der Waals surface area contributed by atoms with E-state index in [4.69, 9.17) is 0 Å². The molecule has 4 rings (SSSR count). The molecule has 0 aromatic carbocycles. The number of rotatable bonds is 3. The molecule has 3 aromatic heterocycles. The fraction of sp³-hybridized carbons (Fsp3) is 0.278. The summed E-state index contributed by atoms with van der Waals surface area (Å²) in [6.45, 7) is 2.49. The largest absolute Gasteiger partial charge is 0.322 e. The summed E-state index contributed by atoms with van der Waals surface area (Å²) in [4.78, 5) is 25.9. The van der Waals surface area contributed by atoms with Gasteiger partial charge in [-0.2, -0.15) is 5.10 Å². The van der Waals surface area contributed by atoms with Crippen LogP contribution < -0.4 is 5.32 Å². The number of nitrogens with one attached hydrogen (secondary N) is 1. The molecule has 0 fully saturated rings. The van der Waals surface area contributed by atoms with Crippen molar-refractivity contribution in [3.63, 3.8) is 0 Å². The molecular formula is C18H16F3N7O. The highest BCUT2D eigenvalue weighted by atomic mass is 19.3. The smallest absolute Gasteiger partial charge is 0.314 e. The molecule has 1 aliphatic rings. The Morgan fingerprint density at radius 3 is 2.72 bits per heavy atom. The predicted molar refractivity (Wildman–Crippen MR) is 96.4 cm³/mol. The molecule has 0 bridgehead atoms. The lowest BCUT2D eigenvalue weighted by Crippen LogP contribution is -2.47. The number of carbonyl (C=O) groups excluding carboxylic acids is 1. The third kappa shape index (κ3) is 3.75. The Morgan fingerprint density at radius 1 is 1.24 bits per heavy atom. The number of nitrogens with zero attached hydrogens (tertiary/aromatic N) is 6. The van der Waals surface area contributed by atoms with Crippen LogP contribution in [0, 0.1) is 5.82 Å². The van der Waals surface area contributed by atoms with Crippen LogP contribution in [-0.2, 0) is 13.1 Å². The fourth-order valence-electron chi connectivity index (χ4n) is 3.15. The van der Waals surface area contributed by atoms with E-state index >= 15 is 0 Å². The van der Waals surface area contributed by atoms with Gasteiger partial charge < -0.3 is 10.2 Å². The number of carbonyl (C=O) groups is 1. The number of amides is 2. The molecule has 3 aromatic rings. The zero-order valence-corrected chi connectivity index (χ0v) is 15.3. The third-order valence-corrected chi connectivity index (χ3v) is 4.62. The Bertz CT molecular complexity index is 1040. The van der Waals surface area contributed by atoms with Gasteiger partial charge in [-0.05, 0) is 19.1 Å². The molecule has 4 heterocycles. The summed E-state index contributed by atoms with van der Waals surface area (Å²) >= 11 is 0. The Kier molecular flexibility index (Phi) is 4.87. The molecule has 1 atom stereocenters. The first-order chi connectivity index (χ1) is 13.9. The highest BCUT2D eigenvalue weighted by Crippen LogP contribution is 2.27. The van der Waals surface area contributed by atoms with E-state index in [2.05, 4.69) is 25.4 Å². The molecule has 0 saturated heterocycles. The van der Waals surface area contributed by atoms with E-state index in [0.717, 1.165) is 18.5 Å². The van der Waals surface area contributed by atoms with Crippen LogP contribution >= 0.6 is 0 Å². The van der Waals surface area contributed by atoms with Crippen molar-refractivity contribution in [1.29, 1.82) is 0 Å². The van der Waals surface area contributed by atoms with Gasteiger partial charge in [-0.25, -0.2) is 27.9 Å². The number of aromatic nitrogens is 5. The molecule has 8 nitrogen and oxygen atoms in total. The number of alkyl halides is 2. The van der Waals surface area contributed by atoms with Crippen molar-refractivity contribution < 1.29 is 18.0 Å². The van der Waals surface area contributed by atoms with Gasteiger partial charge in [0, 0.05) is 11.9 Å². The number of pyridine rings is 1. The lowest BCUT2D eigenvalue weighted by molar-refractivity contribution is 0.146. The Balaban J connectivity index is 1.56. The van der Waals surface area contributed by atoms with Gasteiger partial charge >= 0.3 is 6.03 Å². The maximum atomic E-state index is 13.1. The standard InChI is InChI=1S/C18H16F3N7O/c1-10-8-28-15(13(7-25-28)17-23-5-11(19)6-24-17)9-27(10)18(29)26-12-2-3-22-14(4-12)16(20)21/h2-7,10,16H,8-9H2,1H3,(H,22,26,29)/t10-/m0/s1. The van der Waals surface area contributed by atoms with Gasteiger partial charge in [0.15, 0.2) is 11.6 Å². The van der Waals surface area contributed by atoms with E-state index in [1.807, 2.05) is 6.92 Å². The summed E-state index contributed by atoms with van der Waals surface area (Å²) in [6, 6.07) is 1.95. The van der Waals surface area contributed by atoms with Crippen molar-refractivity contribution in [3.8, 4) is 11.4 Å². The number of urea groups is 1. The van der Waals surface area contributed by atoms with Crippen molar-refractivity contribution in [2.24, 2.45) is 0 Å². The summed E-state index contributed by atoms with van der Waals surface area (Å²) in [7, 11) is 0. The number of hydrogen-bond donors (Lipinski definition) is 1. The van der Waals surface area contributed by atoms with E-state index < -0.39 is 24.0 Å². The fourth-order valence-corrected chi connectivity index (χ4v) is 3.15. The van der Waals surface area contributed by atoms with Gasteiger partial charge in [-0.1, -0.05) is 0 Å². The first-order valence-corrected chi connectivity index (χ1v) is 8.76. The second kappa shape index (κ2) is 7.49. The van der Waals surface area contributed by atoms with E-state index in [1.54, 1.807) is 15.8 Å². The van der Waals surface area contributed by atoms with Crippen molar-refractivity contribution in [2.75, 3.05) is 5.32 Å². The summed E-state index contributed by atoms with van der Waals surface area (Å²) in [5, 5.41) is 6.94. The molecule has 0 saturated carbocycles. The van der Waals surface area contributed by atoms with Gasteiger partial charge in [0.25, 0.3) is 6.43 Å². The molecule has 0 spiro atoms. The zero-order chi connectivity index (χ0) is 20.5. The average Bonchev–Trinajstić information content (AvgIpc) is 3.10. The van der Waals surface area contributed by atoms with Gasteiger partial charge in [0.1, 0.15) is 5.69 Å². The second-order valence-corrected chi connectivity index (χ2v) is 6.59. The van der Waals surface area contributed by atoms with Gasteiger partial charge in [0.2, 0.25) is 0 Å². The Labute approximate surface area is 163 Å². The number of hydrogen-bond acceptors (Lipinski definition) is 5. The normalized spacial score (nSPS) is 16.0. The Hall–Kier alpha value is -3.50. The molecule has 0 aliphatic carbocycles. The molecule has 2 amide bonds. The molecule has 1 N–H and O–H groups in total. The van der Waals surface area contributed by atoms with Gasteiger partial charge in [-0.3, -0.25) is 9.67 Å². The molecule has 11 heteroatoms. The van der Waals surface area contributed by atoms with E-state index in [1.165, 1.54) is 12.3 Å². The van der Waals surface area contributed by atoms with E-state index in [0.29, 0.717) is 23.6 Å². The predicted octanol–water partition coefficient (Wildman–Crippen LogP) is 3.25. The lowest BCUT2D eigenvalue weighted by Gasteiger charge is -2.34. The molecule has 0 radical (unpaired) electrons. The second-order valence-electron chi connectivity index (χ2n) is 6.59. The molecule has 0 unspecified atom stereocenters. The van der Waals surface area contributed by atoms with Crippen LogP contribution in [0.3, 0.4) is 0 Å². The van der Waals surface area contributed by atoms with Crippen LogP contribution in [0.5, 0.6) is 0 Å². The van der Waals surface area contributed by atoms with Crippen LogP contribution in [0.2, 0.25) is 0 Å². The van der Waals surface area contributed by atoms with Crippen LogP contribution in [0.15, 0.2) is 36.9 Å². The lowest BCUT2D eigenvalue weighted by atomic mass is 10.1. The van der Waals surface area contributed by atoms with Crippen molar-refractivity contribution in [3.05, 3.63) is 54.1 Å². The van der Waals surface area contributed by atoms with Gasteiger partial charge in [-0.15, -0.1) is 0 Å². The first kappa shape index (κ1) is 18.8. The van der Waals surface area contributed by atoms with Crippen LogP contribution in [0.4, 0.5) is 23.7 Å². The quantitative estimate of drug-likeness (QED) is 0.725. The van der Waals surface area contributed by atoms with E-state index in [9.17, 15) is 18.0 Å². The summed E-state index contributed by atoms with van der Waals surface area (Å²) in [5.41, 5.74) is 1.11. The number of anilines is 1. The summed E-state index contributed by atoms with van der Waals surface area (Å²) in [6.07, 6.45) is 2.19. The molecule has 29 heavy (non-hydrogen) atoms. The van der Waals surface area contributed by atoms with Crippen molar-refractivity contribution in [2.45, 2.75) is 32.5 Å². The highest BCUT2D eigenvalue weighted by Gasteiger charge is 2.30. The monoisotopic (exact) mass is 403 g/mol. The first-order valence-electron chi connectivity index (χ1n) is 8.76. The molecule has 1 aliphatic heterocycles. The zero-order valence-electron chi connectivity index (χ0n) is 15.3. The highest BCUT2D eigenvalue weighted by molar-refractivity contribution is 5.89. The maximum Gasteiger partial charge on any atom is 0.322 e. The SMILES string of the molecule is C[C@H]1Cn2ncc(-c3ncc(F)cn3)c2CN1C(=O)Nc1ccnc(C(F)F)c1. The third-order valence-electron chi connectivity index (χ3n) is 4.62. The summed E-state index contributed by atoms with van der Waals surface area (Å²) in [5.74, 6) is -0.247.